The van der Waals surface area contributed by atoms with E-state index in [-0.39, 0.29) is 16.4 Å². The molecule has 1 aromatic heterocycles. The molecule has 0 bridgehead atoms. The van der Waals surface area contributed by atoms with Crippen LogP contribution >= 0.6 is 11.8 Å². The molecule has 194 valence electrons. The van der Waals surface area contributed by atoms with Crippen molar-refractivity contribution in [2.24, 2.45) is 7.05 Å². The van der Waals surface area contributed by atoms with Crippen LogP contribution in [0.15, 0.2) is 56.6 Å². The Morgan fingerprint density at radius 1 is 1.17 bits per heavy atom. The second-order valence-electron chi connectivity index (χ2n) is 8.53. The number of sulfonamides is 1. The van der Waals surface area contributed by atoms with E-state index in [1.165, 1.54) is 22.8 Å². The van der Waals surface area contributed by atoms with Gasteiger partial charge in [0.2, 0.25) is 15.9 Å². The number of thioether (sulfide) groups is 1. The lowest BCUT2D eigenvalue weighted by molar-refractivity contribution is -0.133. The van der Waals surface area contributed by atoms with Gasteiger partial charge in [0.05, 0.1) is 17.5 Å². The van der Waals surface area contributed by atoms with Crippen molar-refractivity contribution in [3.63, 3.8) is 0 Å². The van der Waals surface area contributed by atoms with Gasteiger partial charge in [-0.05, 0) is 42.7 Å². The molecule has 0 saturated carbocycles. The molecule has 1 amide bonds. The fourth-order valence-corrected chi connectivity index (χ4v) is 5.93. The first-order valence-corrected chi connectivity index (χ1v) is 14.4. The SMILES string of the molecule is COc1cccc(N2CCN(C(=O)[C@H](CCSC)NS(=O)(=O)c3ccc4c(c3)oc(=O)n4C)CC2)c1. The second-order valence-corrected chi connectivity index (χ2v) is 11.2. The molecule has 1 aliphatic heterocycles. The maximum atomic E-state index is 13.4. The summed E-state index contributed by atoms with van der Waals surface area (Å²) in [5, 5.41) is 0. The normalized spacial score (nSPS) is 15.3. The molecule has 4 rings (SSSR count). The Hall–Kier alpha value is -2.96. The van der Waals surface area contributed by atoms with Gasteiger partial charge in [0.15, 0.2) is 5.58 Å². The van der Waals surface area contributed by atoms with E-state index in [0.29, 0.717) is 43.9 Å². The van der Waals surface area contributed by atoms with Gasteiger partial charge >= 0.3 is 5.76 Å². The van der Waals surface area contributed by atoms with Crippen LogP contribution in [0.3, 0.4) is 0 Å². The Labute approximate surface area is 214 Å². The number of piperazine rings is 1. The summed E-state index contributed by atoms with van der Waals surface area (Å²) in [5.41, 5.74) is 1.68. The number of fused-ring (bicyclic) bond motifs is 1. The lowest BCUT2D eigenvalue weighted by Gasteiger charge is -2.37. The zero-order valence-electron chi connectivity index (χ0n) is 20.5. The third kappa shape index (κ3) is 5.55. The highest BCUT2D eigenvalue weighted by Crippen LogP contribution is 2.23. The first-order valence-electron chi connectivity index (χ1n) is 11.5. The summed E-state index contributed by atoms with van der Waals surface area (Å²) < 4.78 is 40.7. The van der Waals surface area contributed by atoms with Crippen LogP contribution in [0.25, 0.3) is 11.1 Å². The minimum atomic E-state index is -4.03. The minimum Gasteiger partial charge on any atom is -0.497 e. The fraction of sp³-hybridized carbons (Fsp3) is 0.417. The van der Waals surface area contributed by atoms with Crippen molar-refractivity contribution < 1.29 is 22.4 Å². The number of anilines is 1. The lowest BCUT2D eigenvalue weighted by Crippen LogP contribution is -2.55. The summed E-state index contributed by atoms with van der Waals surface area (Å²) in [6.45, 7) is 2.22. The van der Waals surface area contributed by atoms with E-state index in [9.17, 15) is 18.0 Å². The average molecular weight is 535 g/mol. The number of hydrogen-bond donors (Lipinski definition) is 1. The quantitative estimate of drug-likeness (QED) is 0.443. The number of ether oxygens (including phenoxy) is 1. The lowest BCUT2D eigenvalue weighted by atomic mass is 10.2. The number of amides is 1. The van der Waals surface area contributed by atoms with Crippen LogP contribution in [0.2, 0.25) is 0 Å². The summed E-state index contributed by atoms with van der Waals surface area (Å²) in [7, 11) is -0.861. The molecule has 10 nitrogen and oxygen atoms in total. The second kappa shape index (κ2) is 11.0. The predicted molar refractivity (Wildman–Crippen MR) is 140 cm³/mol. The molecule has 1 aliphatic rings. The largest absolute Gasteiger partial charge is 0.497 e. The highest BCUT2D eigenvalue weighted by Gasteiger charge is 2.31. The maximum Gasteiger partial charge on any atom is 0.419 e. The molecule has 0 spiro atoms. The van der Waals surface area contributed by atoms with Crippen molar-refractivity contribution in [2.45, 2.75) is 17.4 Å². The molecule has 36 heavy (non-hydrogen) atoms. The predicted octanol–water partition coefficient (Wildman–Crippen LogP) is 1.89. The number of nitrogens with zero attached hydrogens (tertiary/aromatic N) is 3. The summed E-state index contributed by atoms with van der Waals surface area (Å²) in [6, 6.07) is 11.1. The maximum absolute atomic E-state index is 13.4. The average Bonchev–Trinajstić information content (AvgIpc) is 3.18. The molecule has 2 heterocycles. The Morgan fingerprint density at radius 2 is 1.92 bits per heavy atom. The summed E-state index contributed by atoms with van der Waals surface area (Å²) in [5.74, 6) is 0.569. The van der Waals surface area contributed by atoms with Gasteiger partial charge in [-0.15, -0.1) is 0 Å². The Balaban J connectivity index is 1.47. The standard InChI is InChI=1S/C24H30N4O6S2/c1-26-21-8-7-19(16-22(21)34-24(26)30)36(31,32)25-20(9-14-35-3)23(29)28-12-10-27(11-13-28)17-5-4-6-18(15-17)33-2/h4-8,15-16,20,25H,9-14H2,1-3H3/t20-/m0/s1. The molecule has 0 radical (unpaired) electrons. The Kier molecular flexibility index (Phi) is 7.96. The monoisotopic (exact) mass is 534 g/mol. The topological polar surface area (TPSA) is 114 Å². The molecule has 1 atom stereocenters. The zero-order chi connectivity index (χ0) is 25.9. The zero-order valence-corrected chi connectivity index (χ0v) is 22.1. The van der Waals surface area contributed by atoms with Crippen LogP contribution in [-0.2, 0) is 21.9 Å². The fourth-order valence-electron chi connectivity index (χ4n) is 4.22. The van der Waals surface area contributed by atoms with Gasteiger partial charge in [-0.25, -0.2) is 13.2 Å². The molecule has 1 fully saturated rings. The summed E-state index contributed by atoms with van der Waals surface area (Å²) in [4.78, 5) is 29.0. The van der Waals surface area contributed by atoms with Crippen LogP contribution in [0, 0.1) is 0 Å². The van der Waals surface area contributed by atoms with E-state index in [0.717, 1.165) is 11.4 Å². The van der Waals surface area contributed by atoms with Crippen LogP contribution in [0.4, 0.5) is 5.69 Å². The highest BCUT2D eigenvalue weighted by atomic mass is 32.2. The van der Waals surface area contributed by atoms with Crippen molar-refractivity contribution in [1.82, 2.24) is 14.2 Å². The molecule has 0 aliphatic carbocycles. The summed E-state index contributed by atoms with van der Waals surface area (Å²) >= 11 is 1.55. The minimum absolute atomic E-state index is 0.0610. The van der Waals surface area contributed by atoms with E-state index >= 15 is 0 Å². The van der Waals surface area contributed by atoms with E-state index < -0.39 is 21.8 Å². The molecule has 12 heteroatoms. The van der Waals surface area contributed by atoms with E-state index in [4.69, 9.17) is 9.15 Å². The number of aryl methyl sites for hydroxylation is 1. The van der Waals surface area contributed by atoms with Crippen molar-refractivity contribution in [3.05, 3.63) is 53.0 Å². The van der Waals surface area contributed by atoms with Crippen molar-refractivity contribution >= 4 is 44.5 Å². The number of aromatic nitrogens is 1. The molecule has 1 N–H and O–H groups in total. The van der Waals surface area contributed by atoms with Gasteiger partial charge in [-0.2, -0.15) is 16.5 Å². The Bertz CT molecular complexity index is 1390. The number of rotatable bonds is 9. The first-order chi connectivity index (χ1) is 17.2. The van der Waals surface area contributed by atoms with E-state index in [1.54, 1.807) is 30.8 Å². The number of benzene rings is 2. The number of oxazole rings is 1. The smallest absolute Gasteiger partial charge is 0.419 e. The van der Waals surface area contributed by atoms with Crippen LogP contribution in [-0.4, -0.2) is 75.1 Å². The summed E-state index contributed by atoms with van der Waals surface area (Å²) in [6.07, 6.45) is 2.27. The number of carbonyl (C=O) groups is 1. The number of nitrogens with one attached hydrogen (secondary N) is 1. The van der Waals surface area contributed by atoms with Gasteiger partial charge in [0.25, 0.3) is 0 Å². The van der Waals surface area contributed by atoms with Gasteiger partial charge in [-0.1, -0.05) is 6.07 Å². The number of carbonyl (C=O) groups excluding carboxylic acids is 1. The van der Waals surface area contributed by atoms with Gasteiger partial charge < -0.3 is 19.0 Å². The van der Waals surface area contributed by atoms with Crippen LogP contribution in [0.1, 0.15) is 6.42 Å². The molecular weight excluding hydrogens is 504 g/mol. The molecule has 3 aromatic rings. The molecule has 2 aromatic carbocycles. The van der Waals surface area contributed by atoms with Gasteiger partial charge in [-0.3, -0.25) is 9.36 Å². The number of hydrogen-bond acceptors (Lipinski definition) is 8. The third-order valence-corrected chi connectivity index (χ3v) is 8.40. The van der Waals surface area contributed by atoms with Crippen molar-refractivity contribution in [1.29, 1.82) is 0 Å². The van der Waals surface area contributed by atoms with Gasteiger partial charge in [0, 0.05) is 51.0 Å². The third-order valence-electron chi connectivity index (χ3n) is 6.29. The van der Waals surface area contributed by atoms with Crippen LogP contribution in [0.5, 0.6) is 5.75 Å². The molecular formula is C24H30N4O6S2. The molecule has 1 saturated heterocycles. The van der Waals surface area contributed by atoms with Crippen molar-refractivity contribution in [3.8, 4) is 5.75 Å². The highest BCUT2D eigenvalue weighted by molar-refractivity contribution is 7.98. The Morgan fingerprint density at radius 3 is 2.61 bits per heavy atom. The van der Waals surface area contributed by atoms with E-state index in [2.05, 4.69) is 9.62 Å². The van der Waals surface area contributed by atoms with Crippen LogP contribution < -0.4 is 20.1 Å². The van der Waals surface area contributed by atoms with Crippen molar-refractivity contribution in [2.75, 3.05) is 50.2 Å². The van der Waals surface area contributed by atoms with E-state index in [1.807, 2.05) is 30.5 Å². The molecule has 0 unspecified atom stereocenters. The van der Waals surface area contributed by atoms with Gasteiger partial charge in [0.1, 0.15) is 11.8 Å². The first kappa shape index (κ1) is 26.1. The number of methoxy groups -OCH3 is 1.